The smallest absolute Gasteiger partial charge is 0.277 e. The van der Waals surface area contributed by atoms with Crippen LogP contribution < -0.4 is 5.32 Å². The fourth-order valence-corrected chi connectivity index (χ4v) is 2.73. The van der Waals surface area contributed by atoms with E-state index >= 15 is 0 Å². The number of thioether (sulfide) groups is 1. The van der Waals surface area contributed by atoms with Gasteiger partial charge in [0.2, 0.25) is 11.8 Å². The van der Waals surface area contributed by atoms with E-state index in [2.05, 4.69) is 15.5 Å². The van der Waals surface area contributed by atoms with Crippen molar-refractivity contribution in [2.24, 2.45) is 0 Å². The summed E-state index contributed by atoms with van der Waals surface area (Å²) < 4.78 is 31.9. The fourth-order valence-electron chi connectivity index (χ4n) is 2.16. The maximum atomic E-state index is 13.5. The first-order valence-corrected chi connectivity index (χ1v) is 8.70. The number of benzene rings is 2. The largest absolute Gasteiger partial charge is 0.411 e. The summed E-state index contributed by atoms with van der Waals surface area (Å²) in [6.45, 7) is 4.00. The van der Waals surface area contributed by atoms with Gasteiger partial charge >= 0.3 is 0 Å². The first-order valence-electron chi connectivity index (χ1n) is 7.71. The molecule has 1 heterocycles. The Morgan fingerprint density at radius 1 is 1.12 bits per heavy atom. The van der Waals surface area contributed by atoms with Crippen molar-refractivity contribution in [1.29, 1.82) is 0 Å². The highest BCUT2D eigenvalue weighted by molar-refractivity contribution is 7.99. The van der Waals surface area contributed by atoms with Crippen LogP contribution in [0.2, 0.25) is 0 Å². The molecule has 0 aliphatic carbocycles. The number of hydrogen-bond donors (Lipinski definition) is 1. The molecule has 5 nitrogen and oxygen atoms in total. The van der Waals surface area contributed by atoms with E-state index in [-0.39, 0.29) is 16.7 Å². The maximum Gasteiger partial charge on any atom is 0.277 e. The molecule has 26 heavy (non-hydrogen) atoms. The van der Waals surface area contributed by atoms with Crippen molar-refractivity contribution in [1.82, 2.24) is 10.2 Å². The molecule has 0 saturated carbocycles. The topological polar surface area (TPSA) is 68.0 Å². The van der Waals surface area contributed by atoms with E-state index in [0.29, 0.717) is 12.0 Å². The normalized spacial score (nSPS) is 10.8. The zero-order chi connectivity index (χ0) is 18.7. The third-order valence-corrected chi connectivity index (χ3v) is 4.51. The lowest BCUT2D eigenvalue weighted by Gasteiger charge is -2.05. The third-order valence-electron chi connectivity index (χ3n) is 3.69. The van der Waals surface area contributed by atoms with Crippen molar-refractivity contribution in [2.75, 3.05) is 11.1 Å². The lowest BCUT2D eigenvalue weighted by Crippen LogP contribution is -2.15. The molecule has 0 aliphatic rings. The molecule has 1 aromatic heterocycles. The quantitative estimate of drug-likeness (QED) is 0.671. The number of anilines is 1. The molecule has 0 spiro atoms. The van der Waals surface area contributed by atoms with Crippen LogP contribution >= 0.6 is 11.8 Å². The number of amides is 1. The average Bonchev–Trinajstić information content (AvgIpc) is 3.07. The van der Waals surface area contributed by atoms with Gasteiger partial charge < -0.3 is 9.73 Å². The first-order chi connectivity index (χ1) is 12.4. The SMILES string of the molecule is Cc1ccc(-c2nnc(SCC(=O)Nc3ccc(F)cc3F)o2)cc1C. The van der Waals surface area contributed by atoms with Gasteiger partial charge in [-0.1, -0.05) is 17.8 Å². The monoisotopic (exact) mass is 375 g/mol. The third kappa shape index (κ3) is 4.26. The van der Waals surface area contributed by atoms with E-state index in [0.717, 1.165) is 40.6 Å². The highest BCUT2D eigenvalue weighted by Gasteiger charge is 2.13. The summed E-state index contributed by atoms with van der Waals surface area (Å²) in [7, 11) is 0. The van der Waals surface area contributed by atoms with Gasteiger partial charge in [-0.2, -0.15) is 0 Å². The molecule has 2 aromatic carbocycles. The fraction of sp³-hybridized carbons (Fsp3) is 0.167. The Morgan fingerprint density at radius 2 is 1.92 bits per heavy atom. The highest BCUT2D eigenvalue weighted by Crippen LogP contribution is 2.25. The molecule has 3 rings (SSSR count). The van der Waals surface area contributed by atoms with Crippen LogP contribution in [-0.2, 0) is 4.79 Å². The van der Waals surface area contributed by atoms with Crippen LogP contribution in [0.1, 0.15) is 11.1 Å². The minimum Gasteiger partial charge on any atom is -0.411 e. The van der Waals surface area contributed by atoms with Gasteiger partial charge in [-0.15, -0.1) is 10.2 Å². The molecular formula is C18H15F2N3O2S. The number of carbonyl (C=O) groups is 1. The van der Waals surface area contributed by atoms with Crippen molar-refractivity contribution in [3.05, 3.63) is 59.2 Å². The van der Waals surface area contributed by atoms with E-state index in [9.17, 15) is 13.6 Å². The van der Waals surface area contributed by atoms with Crippen LogP contribution in [0.5, 0.6) is 0 Å². The molecule has 0 unspecified atom stereocenters. The zero-order valence-electron chi connectivity index (χ0n) is 14.0. The Kier molecular flexibility index (Phi) is 5.32. The number of halogens is 2. The van der Waals surface area contributed by atoms with E-state index in [4.69, 9.17) is 4.42 Å². The van der Waals surface area contributed by atoms with Crippen molar-refractivity contribution in [3.63, 3.8) is 0 Å². The van der Waals surface area contributed by atoms with Crippen LogP contribution in [0.15, 0.2) is 46.0 Å². The van der Waals surface area contributed by atoms with Crippen LogP contribution in [-0.4, -0.2) is 21.9 Å². The molecule has 1 amide bonds. The van der Waals surface area contributed by atoms with Crippen LogP contribution in [0.25, 0.3) is 11.5 Å². The van der Waals surface area contributed by atoms with Crippen LogP contribution in [0.4, 0.5) is 14.5 Å². The lowest BCUT2D eigenvalue weighted by atomic mass is 10.1. The van der Waals surface area contributed by atoms with E-state index < -0.39 is 17.5 Å². The van der Waals surface area contributed by atoms with E-state index in [1.165, 1.54) is 0 Å². The Morgan fingerprint density at radius 3 is 2.65 bits per heavy atom. The van der Waals surface area contributed by atoms with E-state index in [1.807, 2.05) is 32.0 Å². The molecule has 0 saturated heterocycles. The standard InChI is InChI=1S/C18H15F2N3O2S/c1-10-3-4-12(7-11(10)2)17-22-23-18(25-17)26-9-16(24)21-15-6-5-13(19)8-14(15)20/h3-8H,9H2,1-2H3,(H,21,24). The van der Waals surface area contributed by atoms with Crippen molar-refractivity contribution >= 4 is 23.4 Å². The van der Waals surface area contributed by atoms with Gasteiger partial charge in [0.05, 0.1) is 11.4 Å². The summed E-state index contributed by atoms with van der Waals surface area (Å²) >= 11 is 1.03. The average molecular weight is 375 g/mol. The molecule has 0 atom stereocenters. The van der Waals surface area contributed by atoms with Gasteiger partial charge in [-0.3, -0.25) is 4.79 Å². The molecule has 0 radical (unpaired) electrons. The molecule has 8 heteroatoms. The van der Waals surface area contributed by atoms with Gasteiger partial charge in [0.25, 0.3) is 5.22 Å². The number of nitrogens with zero attached hydrogens (tertiary/aromatic N) is 2. The van der Waals surface area contributed by atoms with Crippen LogP contribution in [0.3, 0.4) is 0 Å². The van der Waals surface area contributed by atoms with Gasteiger partial charge in [0, 0.05) is 11.6 Å². The molecule has 134 valence electrons. The molecule has 0 bridgehead atoms. The predicted octanol–water partition coefficient (Wildman–Crippen LogP) is 4.36. The molecular weight excluding hydrogens is 360 g/mol. The van der Waals surface area contributed by atoms with Gasteiger partial charge in [0.15, 0.2) is 0 Å². The number of carbonyl (C=O) groups excluding carboxylic acids is 1. The number of rotatable bonds is 5. The van der Waals surface area contributed by atoms with Gasteiger partial charge in [-0.25, -0.2) is 8.78 Å². The lowest BCUT2D eigenvalue weighted by molar-refractivity contribution is -0.113. The number of aryl methyl sites for hydroxylation is 2. The minimum absolute atomic E-state index is 0.0502. The number of hydrogen-bond acceptors (Lipinski definition) is 5. The molecule has 0 aliphatic heterocycles. The second-order valence-electron chi connectivity index (χ2n) is 5.63. The zero-order valence-corrected chi connectivity index (χ0v) is 14.9. The summed E-state index contributed by atoms with van der Waals surface area (Å²) in [5, 5.41) is 10.5. The maximum absolute atomic E-state index is 13.5. The Hall–Kier alpha value is -2.74. The molecule has 0 fully saturated rings. The van der Waals surface area contributed by atoms with Gasteiger partial charge in [0.1, 0.15) is 11.6 Å². The Labute approximate surface area is 152 Å². The highest BCUT2D eigenvalue weighted by atomic mass is 32.2. The predicted molar refractivity (Wildman–Crippen MR) is 94.9 cm³/mol. The van der Waals surface area contributed by atoms with E-state index in [1.54, 1.807) is 0 Å². The summed E-state index contributed by atoms with van der Waals surface area (Å²) in [6.07, 6.45) is 0. The van der Waals surface area contributed by atoms with Crippen molar-refractivity contribution in [3.8, 4) is 11.5 Å². The summed E-state index contributed by atoms with van der Waals surface area (Å²) in [5.74, 6) is -1.70. The second kappa shape index (κ2) is 7.65. The second-order valence-corrected chi connectivity index (χ2v) is 6.56. The molecule has 1 N–H and O–H groups in total. The summed E-state index contributed by atoms with van der Waals surface area (Å²) in [5.41, 5.74) is 2.98. The Balaban J connectivity index is 1.60. The first kappa shape index (κ1) is 18.1. The number of nitrogens with one attached hydrogen (secondary N) is 1. The van der Waals surface area contributed by atoms with Crippen LogP contribution in [0, 0.1) is 25.5 Å². The minimum atomic E-state index is -0.835. The summed E-state index contributed by atoms with van der Waals surface area (Å²) in [4.78, 5) is 11.9. The van der Waals surface area contributed by atoms with Crippen molar-refractivity contribution < 1.29 is 18.0 Å². The summed E-state index contributed by atoms with van der Waals surface area (Å²) in [6, 6.07) is 8.73. The number of aromatic nitrogens is 2. The van der Waals surface area contributed by atoms with Crippen molar-refractivity contribution in [2.45, 2.75) is 19.1 Å². The Bertz CT molecular complexity index is 959. The molecule has 3 aromatic rings. The van der Waals surface area contributed by atoms with Gasteiger partial charge in [-0.05, 0) is 49.2 Å².